The van der Waals surface area contributed by atoms with Crippen LogP contribution in [0.2, 0.25) is 0 Å². The van der Waals surface area contributed by atoms with Crippen molar-refractivity contribution in [2.75, 3.05) is 25.1 Å². The molecule has 7 heteroatoms. The van der Waals surface area contributed by atoms with Gasteiger partial charge in [0.2, 0.25) is 0 Å². The van der Waals surface area contributed by atoms with Crippen molar-refractivity contribution in [3.05, 3.63) is 9.98 Å². The summed E-state index contributed by atoms with van der Waals surface area (Å²) >= 11 is 4.50. The van der Waals surface area contributed by atoms with Crippen LogP contribution in [0, 0.1) is 0 Å². The topological polar surface area (TPSA) is 85.6 Å². The Hall–Kier alpha value is -0.210. The predicted octanol–water partition coefficient (Wildman–Crippen LogP) is 0.0332. The van der Waals surface area contributed by atoms with Gasteiger partial charge < -0.3 is 20.6 Å². The molecule has 1 aromatic heterocycles. The largest absolute Gasteiger partial charge is 0.394 e. The van der Waals surface area contributed by atoms with Crippen LogP contribution in [0.15, 0.2) is 9.98 Å². The molecule has 0 fully saturated rings. The standard InChI is InChI=1S/C7H11BrN2O3S/c8-5-1-14-6(9-5)10-7(2-11,3-12)4-13/h1,11-13H,2-4H2,(H,9,10). The Labute approximate surface area is 93.6 Å². The van der Waals surface area contributed by atoms with Crippen LogP contribution in [0.1, 0.15) is 0 Å². The molecule has 0 aliphatic rings. The molecule has 0 radical (unpaired) electrons. The van der Waals surface area contributed by atoms with Gasteiger partial charge >= 0.3 is 0 Å². The van der Waals surface area contributed by atoms with Crippen LogP contribution in [0.4, 0.5) is 5.13 Å². The van der Waals surface area contributed by atoms with E-state index in [-0.39, 0.29) is 19.8 Å². The van der Waals surface area contributed by atoms with Gasteiger partial charge in [-0.2, -0.15) is 0 Å². The number of aromatic nitrogens is 1. The maximum Gasteiger partial charge on any atom is 0.184 e. The molecule has 0 amide bonds. The molecule has 80 valence electrons. The van der Waals surface area contributed by atoms with Crippen molar-refractivity contribution in [2.24, 2.45) is 0 Å². The van der Waals surface area contributed by atoms with Crippen LogP contribution in [-0.2, 0) is 0 Å². The van der Waals surface area contributed by atoms with Crippen LogP contribution in [0.25, 0.3) is 0 Å². The fraction of sp³-hybridized carbons (Fsp3) is 0.571. The van der Waals surface area contributed by atoms with Crippen molar-refractivity contribution in [1.29, 1.82) is 0 Å². The minimum Gasteiger partial charge on any atom is -0.394 e. The normalized spacial score (nSPS) is 11.7. The summed E-state index contributed by atoms with van der Waals surface area (Å²) in [5.41, 5.74) is -1.11. The molecule has 0 aliphatic heterocycles. The van der Waals surface area contributed by atoms with E-state index < -0.39 is 5.54 Å². The van der Waals surface area contributed by atoms with Crippen molar-refractivity contribution >= 4 is 32.4 Å². The molecular formula is C7H11BrN2O3S. The third-order valence-corrected chi connectivity index (χ3v) is 3.22. The number of hydrogen-bond donors (Lipinski definition) is 4. The van der Waals surface area contributed by atoms with Gasteiger partial charge in [-0.3, -0.25) is 0 Å². The van der Waals surface area contributed by atoms with E-state index in [1.165, 1.54) is 11.3 Å². The van der Waals surface area contributed by atoms with Gasteiger partial charge in [-0.05, 0) is 15.9 Å². The van der Waals surface area contributed by atoms with E-state index in [0.29, 0.717) is 9.73 Å². The molecule has 0 saturated carbocycles. The fourth-order valence-electron chi connectivity index (χ4n) is 0.807. The highest BCUT2D eigenvalue weighted by molar-refractivity contribution is 9.10. The first-order valence-corrected chi connectivity index (χ1v) is 5.55. The fourth-order valence-corrected chi connectivity index (χ4v) is 2.07. The molecule has 0 unspecified atom stereocenters. The highest BCUT2D eigenvalue weighted by atomic mass is 79.9. The number of anilines is 1. The Morgan fingerprint density at radius 3 is 2.29 bits per heavy atom. The first-order chi connectivity index (χ1) is 6.65. The van der Waals surface area contributed by atoms with Gasteiger partial charge in [-0.15, -0.1) is 11.3 Å². The predicted molar refractivity (Wildman–Crippen MR) is 57.4 cm³/mol. The van der Waals surface area contributed by atoms with Crippen molar-refractivity contribution in [1.82, 2.24) is 4.98 Å². The molecule has 1 aromatic rings. The molecule has 0 atom stereocenters. The summed E-state index contributed by atoms with van der Waals surface area (Å²) in [6.07, 6.45) is 0. The van der Waals surface area contributed by atoms with Crippen molar-refractivity contribution in [3.8, 4) is 0 Å². The molecule has 1 heterocycles. The zero-order chi connectivity index (χ0) is 10.6. The second-order valence-corrected chi connectivity index (χ2v) is 4.53. The summed E-state index contributed by atoms with van der Waals surface area (Å²) in [7, 11) is 0. The summed E-state index contributed by atoms with van der Waals surface area (Å²) in [5.74, 6) is 0. The number of hydrogen-bond acceptors (Lipinski definition) is 6. The number of aliphatic hydroxyl groups excluding tert-OH is 3. The van der Waals surface area contributed by atoms with E-state index in [9.17, 15) is 0 Å². The number of aliphatic hydroxyl groups is 3. The second-order valence-electron chi connectivity index (χ2n) is 2.86. The lowest BCUT2D eigenvalue weighted by atomic mass is 10.0. The van der Waals surface area contributed by atoms with E-state index in [4.69, 9.17) is 15.3 Å². The first-order valence-electron chi connectivity index (χ1n) is 3.87. The van der Waals surface area contributed by atoms with Gasteiger partial charge in [0, 0.05) is 5.38 Å². The second kappa shape index (κ2) is 5.04. The maximum atomic E-state index is 9.03. The SMILES string of the molecule is OCC(CO)(CO)Nc1nc(Br)cs1. The average molecular weight is 283 g/mol. The average Bonchev–Trinajstić information content (AvgIpc) is 2.61. The van der Waals surface area contributed by atoms with Gasteiger partial charge in [0.25, 0.3) is 0 Å². The third-order valence-electron chi connectivity index (χ3n) is 1.76. The van der Waals surface area contributed by atoms with Crippen LogP contribution < -0.4 is 5.32 Å². The molecule has 0 saturated heterocycles. The Kier molecular flexibility index (Phi) is 4.27. The number of rotatable bonds is 5. The highest BCUT2D eigenvalue weighted by Gasteiger charge is 2.28. The molecule has 5 nitrogen and oxygen atoms in total. The van der Waals surface area contributed by atoms with E-state index in [1.54, 1.807) is 5.38 Å². The Balaban J connectivity index is 2.73. The van der Waals surface area contributed by atoms with E-state index in [1.807, 2.05) is 0 Å². The van der Waals surface area contributed by atoms with Gasteiger partial charge in [-0.25, -0.2) is 4.98 Å². The van der Waals surface area contributed by atoms with Crippen LogP contribution in [0.3, 0.4) is 0 Å². The Morgan fingerprint density at radius 2 is 1.93 bits per heavy atom. The monoisotopic (exact) mass is 282 g/mol. The lowest BCUT2D eigenvalue weighted by Gasteiger charge is -2.28. The minimum absolute atomic E-state index is 0.364. The quantitative estimate of drug-likeness (QED) is 0.613. The zero-order valence-corrected chi connectivity index (χ0v) is 9.68. The van der Waals surface area contributed by atoms with Crippen LogP contribution >= 0.6 is 27.3 Å². The molecule has 0 aliphatic carbocycles. The minimum atomic E-state index is -1.11. The van der Waals surface area contributed by atoms with Crippen molar-refractivity contribution < 1.29 is 15.3 Å². The van der Waals surface area contributed by atoms with Gasteiger partial charge in [0.15, 0.2) is 5.13 Å². The molecule has 4 N–H and O–H groups in total. The zero-order valence-electron chi connectivity index (χ0n) is 7.27. The Morgan fingerprint density at radius 1 is 1.36 bits per heavy atom. The van der Waals surface area contributed by atoms with Gasteiger partial charge in [-0.1, -0.05) is 0 Å². The molecule has 0 spiro atoms. The van der Waals surface area contributed by atoms with Crippen LogP contribution in [0.5, 0.6) is 0 Å². The molecule has 0 bridgehead atoms. The van der Waals surface area contributed by atoms with E-state index in [0.717, 1.165) is 0 Å². The highest BCUT2D eigenvalue weighted by Crippen LogP contribution is 2.22. The van der Waals surface area contributed by atoms with Gasteiger partial charge in [0.05, 0.1) is 19.8 Å². The van der Waals surface area contributed by atoms with E-state index >= 15 is 0 Å². The number of thiazole rings is 1. The summed E-state index contributed by atoms with van der Waals surface area (Å²) < 4.78 is 0.674. The number of halogens is 1. The number of nitrogens with one attached hydrogen (secondary N) is 1. The summed E-state index contributed by atoms with van der Waals surface area (Å²) in [6, 6.07) is 0. The molecular weight excluding hydrogens is 272 g/mol. The summed E-state index contributed by atoms with van der Waals surface area (Å²) in [4.78, 5) is 4.03. The smallest absolute Gasteiger partial charge is 0.184 e. The molecule has 14 heavy (non-hydrogen) atoms. The summed E-state index contributed by atoms with van der Waals surface area (Å²) in [5, 5.41) is 32.2. The first kappa shape index (κ1) is 11.9. The van der Waals surface area contributed by atoms with Gasteiger partial charge in [0.1, 0.15) is 10.1 Å². The van der Waals surface area contributed by atoms with Crippen LogP contribution in [-0.4, -0.2) is 45.7 Å². The summed E-state index contributed by atoms with van der Waals surface area (Å²) in [6.45, 7) is -1.09. The van der Waals surface area contributed by atoms with Crippen molar-refractivity contribution in [3.63, 3.8) is 0 Å². The lowest BCUT2D eigenvalue weighted by molar-refractivity contribution is 0.0833. The Bertz CT molecular complexity index is 282. The number of nitrogens with zero attached hydrogens (tertiary/aromatic N) is 1. The molecule has 1 rings (SSSR count). The van der Waals surface area contributed by atoms with Crippen molar-refractivity contribution in [2.45, 2.75) is 5.54 Å². The van der Waals surface area contributed by atoms with E-state index in [2.05, 4.69) is 26.2 Å². The maximum absolute atomic E-state index is 9.03. The third kappa shape index (κ3) is 2.64. The lowest BCUT2D eigenvalue weighted by Crippen LogP contribution is -2.49. The molecule has 0 aromatic carbocycles.